The molecular weight excluding hydrogens is 308 g/mol. The van der Waals surface area contributed by atoms with Crippen molar-refractivity contribution < 1.29 is 14.1 Å². The molecule has 0 unspecified atom stereocenters. The Labute approximate surface area is 129 Å². The minimum Gasteiger partial charge on any atom is -0.456 e. The van der Waals surface area contributed by atoms with E-state index in [0.29, 0.717) is 27.7 Å². The standard InChI is InChI=1S/C15H11ClN2O4/c1-9-5-13-17-12(7-14(19)18(13)22-9)8-21-15(20)10-3-2-4-11(16)6-10/h2-7H,8H2,1H3. The number of halogens is 1. The molecule has 0 saturated carbocycles. The quantitative estimate of drug-likeness (QED) is 0.694. The van der Waals surface area contributed by atoms with Crippen molar-refractivity contribution in [1.29, 1.82) is 0 Å². The van der Waals surface area contributed by atoms with E-state index in [0.717, 1.165) is 4.57 Å². The third-order valence-electron chi connectivity index (χ3n) is 2.94. The number of carbonyl (C=O) groups is 1. The van der Waals surface area contributed by atoms with E-state index < -0.39 is 5.97 Å². The predicted molar refractivity (Wildman–Crippen MR) is 79.0 cm³/mol. The monoisotopic (exact) mass is 318 g/mol. The van der Waals surface area contributed by atoms with E-state index in [1.807, 2.05) is 0 Å². The summed E-state index contributed by atoms with van der Waals surface area (Å²) in [6.45, 7) is 1.61. The third-order valence-corrected chi connectivity index (χ3v) is 3.17. The summed E-state index contributed by atoms with van der Waals surface area (Å²) in [5, 5.41) is 0.445. The van der Waals surface area contributed by atoms with Crippen LogP contribution >= 0.6 is 11.6 Å². The van der Waals surface area contributed by atoms with Crippen LogP contribution in [0.5, 0.6) is 0 Å². The van der Waals surface area contributed by atoms with Gasteiger partial charge < -0.3 is 9.26 Å². The number of nitrogens with zero attached hydrogens (tertiary/aromatic N) is 2. The SMILES string of the molecule is Cc1cc2nc(COC(=O)c3cccc(Cl)c3)cc(=O)n2o1. The van der Waals surface area contributed by atoms with Gasteiger partial charge >= 0.3 is 5.97 Å². The number of fused-ring (bicyclic) bond motifs is 1. The van der Waals surface area contributed by atoms with Crippen LogP contribution in [0.4, 0.5) is 0 Å². The molecule has 3 aromatic rings. The molecule has 0 aliphatic heterocycles. The summed E-state index contributed by atoms with van der Waals surface area (Å²) in [5.41, 5.74) is 0.691. The molecule has 2 aromatic heterocycles. The van der Waals surface area contributed by atoms with Crippen molar-refractivity contribution in [2.75, 3.05) is 0 Å². The van der Waals surface area contributed by atoms with Crippen LogP contribution in [0.15, 0.2) is 45.7 Å². The van der Waals surface area contributed by atoms with Crippen LogP contribution < -0.4 is 5.56 Å². The molecule has 0 radical (unpaired) electrons. The number of aromatic nitrogens is 2. The molecule has 0 spiro atoms. The molecule has 0 bridgehead atoms. The van der Waals surface area contributed by atoms with Gasteiger partial charge in [0.15, 0.2) is 5.65 Å². The zero-order valence-electron chi connectivity index (χ0n) is 11.6. The van der Waals surface area contributed by atoms with Crippen LogP contribution in [-0.2, 0) is 11.3 Å². The Morgan fingerprint density at radius 3 is 2.95 bits per heavy atom. The first-order valence-corrected chi connectivity index (χ1v) is 6.83. The predicted octanol–water partition coefficient (Wildman–Crippen LogP) is 2.61. The van der Waals surface area contributed by atoms with Gasteiger partial charge in [0, 0.05) is 17.2 Å². The Balaban J connectivity index is 1.79. The molecule has 0 fully saturated rings. The van der Waals surface area contributed by atoms with Crippen LogP contribution in [0, 0.1) is 6.92 Å². The maximum Gasteiger partial charge on any atom is 0.338 e. The first-order chi connectivity index (χ1) is 10.5. The summed E-state index contributed by atoms with van der Waals surface area (Å²) in [4.78, 5) is 28.0. The topological polar surface area (TPSA) is 73.8 Å². The zero-order valence-corrected chi connectivity index (χ0v) is 12.3. The lowest BCUT2D eigenvalue weighted by molar-refractivity contribution is 0.0467. The van der Waals surface area contributed by atoms with Crippen LogP contribution in [0.25, 0.3) is 5.65 Å². The lowest BCUT2D eigenvalue weighted by Gasteiger charge is -2.04. The number of carbonyl (C=O) groups excluding carboxylic acids is 1. The third kappa shape index (κ3) is 2.87. The molecule has 22 heavy (non-hydrogen) atoms. The number of esters is 1. The van der Waals surface area contributed by atoms with Gasteiger partial charge in [-0.3, -0.25) is 4.79 Å². The number of hydrogen-bond donors (Lipinski definition) is 0. The molecule has 1 aromatic carbocycles. The summed E-state index contributed by atoms with van der Waals surface area (Å²) >= 11 is 5.82. The van der Waals surface area contributed by atoms with E-state index >= 15 is 0 Å². The molecule has 6 nitrogen and oxygen atoms in total. The highest BCUT2D eigenvalue weighted by Gasteiger charge is 2.11. The normalized spacial score (nSPS) is 10.8. The Bertz CT molecular complexity index is 913. The van der Waals surface area contributed by atoms with Gasteiger partial charge in [-0.25, -0.2) is 9.78 Å². The molecule has 112 valence electrons. The fraction of sp³-hybridized carbons (Fsp3) is 0.133. The van der Waals surface area contributed by atoms with Gasteiger partial charge in [0.2, 0.25) is 0 Å². The maximum absolute atomic E-state index is 11.9. The van der Waals surface area contributed by atoms with Gasteiger partial charge in [0.25, 0.3) is 5.56 Å². The highest BCUT2D eigenvalue weighted by molar-refractivity contribution is 6.30. The van der Waals surface area contributed by atoms with Crippen molar-refractivity contribution in [2.24, 2.45) is 0 Å². The van der Waals surface area contributed by atoms with E-state index in [1.54, 1.807) is 31.2 Å². The van der Waals surface area contributed by atoms with Crippen molar-refractivity contribution >= 4 is 23.2 Å². The number of aryl methyl sites for hydroxylation is 1. The average Bonchev–Trinajstić information content (AvgIpc) is 2.86. The number of rotatable bonds is 3. The first-order valence-electron chi connectivity index (χ1n) is 6.45. The van der Waals surface area contributed by atoms with Gasteiger partial charge in [-0.1, -0.05) is 17.7 Å². The number of hydrogen-bond acceptors (Lipinski definition) is 5. The van der Waals surface area contributed by atoms with Gasteiger partial charge in [0.1, 0.15) is 12.4 Å². The molecule has 0 saturated heterocycles. The minimum absolute atomic E-state index is 0.110. The van der Waals surface area contributed by atoms with Crippen molar-refractivity contribution in [2.45, 2.75) is 13.5 Å². The number of benzene rings is 1. The summed E-state index contributed by atoms with van der Waals surface area (Å²) in [6, 6.07) is 9.32. The summed E-state index contributed by atoms with van der Waals surface area (Å²) < 4.78 is 11.4. The van der Waals surface area contributed by atoms with Crippen molar-refractivity contribution in [3.63, 3.8) is 0 Å². The van der Waals surface area contributed by atoms with Gasteiger partial charge in [-0.05, 0) is 25.1 Å². The highest BCUT2D eigenvalue weighted by Crippen LogP contribution is 2.12. The summed E-state index contributed by atoms with van der Waals surface area (Å²) in [6.07, 6.45) is 0. The van der Waals surface area contributed by atoms with Crippen molar-refractivity contribution in [3.8, 4) is 0 Å². The van der Waals surface area contributed by atoms with E-state index in [4.69, 9.17) is 20.9 Å². The molecule has 0 aliphatic rings. The molecule has 7 heteroatoms. The fourth-order valence-corrected chi connectivity index (χ4v) is 2.18. The Morgan fingerprint density at radius 1 is 1.36 bits per heavy atom. The summed E-state index contributed by atoms with van der Waals surface area (Å²) in [5.74, 6) is 0.0329. The largest absolute Gasteiger partial charge is 0.456 e. The smallest absolute Gasteiger partial charge is 0.338 e. The Hall–Kier alpha value is -2.60. The van der Waals surface area contributed by atoms with Gasteiger partial charge in [-0.2, -0.15) is 0 Å². The molecule has 0 atom stereocenters. The molecule has 0 amide bonds. The Kier molecular flexibility index (Phi) is 3.68. The second kappa shape index (κ2) is 5.65. The minimum atomic E-state index is -0.534. The van der Waals surface area contributed by atoms with Crippen LogP contribution in [0.1, 0.15) is 21.8 Å². The lowest BCUT2D eigenvalue weighted by Crippen LogP contribution is -2.15. The maximum atomic E-state index is 11.9. The van der Waals surface area contributed by atoms with E-state index in [2.05, 4.69) is 4.98 Å². The number of ether oxygens (including phenoxy) is 1. The summed E-state index contributed by atoms with van der Waals surface area (Å²) in [7, 11) is 0. The van der Waals surface area contributed by atoms with Crippen LogP contribution in [0.2, 0.25) is 5.02 Å². The fourth-order valence-electron chi connectivity index (χ4n) is 1.99. The molecule has 0 aliphatic carbocycles. The molecule has 2 heterocycles. The van der Waals surface area contributed by atoms with Crippen molar-refractivity contribution in [1.82, 2.24) is 9.56 Å². The average molecular weight is 319 g/mol. The van der Waals surface area contributed by atoms with E-state index in [1.165, 1.54) is 12.1 Å². The second-order valence-electron chi connectivity index (χ2n) is 4.67. The molecular formula is C15H11ClN2O4. The first kappa shape index (κ1) is 14.3. The molecule has 0 N–H and O–H groups in total. The van der Waals surface area contributed by atoms with Crippen molar-refractivity contribution in [3.05, 3.63) is 68.8 Å². The van der Waals surface area contributed by atoms with Crippen LogP contribution in [-0.4, -0.2) is 15.5 Å². The lowest BCUT2D eigenvalue weighted by atomic mass is 10.2. The zero-order chi connectivity index (χ0) is 15.7. The molecule has 3 rings (SSSR count). The van der Waals surface area contributed by atoms with E-state index in [9.17, 15) is 9.59 Å². The van der Waals surface area contributed by atoms with Gasteiger partial charge in [0.05, 0.1) is 11.3 Å². The van der Waals surface area contributed by atoms with Gasteiger partial charge in [-0.15, -0.1) is 4.57 Å². The van der Waals surface area contributed by atoms with Crippen LogP contribution in [0.3, 0.4) is 0 Å². The van der Waals surface area contributed by atoms with E-state index in [-0.39, 0.29) is 12.2 Å². The second-order valence-corrected chi connectivity index (χ2v) is 5.11. The highest BCUT2D eigenvalue weighted by atomic mass is 35.5. The Morgan fingerprint density at radius 2 is 2.18 bits per heavy atom.